The predicted molar refractivity (Wildman–Crippen MR) is 81.6 cm³/mol. The normalized spacial score (nSPS) is 11.8. The lowest BCUT2D eigenvalue weighted by atomic mass is 10.2. The molecule has 4 nitrogen and oxygen atoms in total. The van der Waals surface area contributed by atoms with Gasteiger partial charge in [0.1, 0.15) is 5.75 Å². The van der Waals surface area contributed by atoms with Gasteiger partial charge < -0.3 is 10.1 Å². The Morgan fingerprint density at radius 1 is 1.43 bits per heavy atom. The summed E-state index contributed by atoms with van der Waals surface area (Å²) >= 11 is 5.64. The summed E-state index contributed by atoms with van der Waals surface area (Å²) in [5, 5.41) is 2.82. The van der Waals surface area contributed by atoms with Crippen LogP contribution in [0.1, 0.15) is 6.92 Å². The van der Waals surface area contributed by atoms with Crippen LogP contribution in [0, 0.1) is 11.7 Å². The first kappa shape index (κ1) is 15.3. The molecule has 6 heteroatoms. The Balaban J connectivity index is 2.02. The summed E-state index contributed by atoms with van der Waals surface area (Å²) in [4.78, 5) is 7.34. The van der Waals surface area contributed by atoms with Crippen LogP contribution in [0.4, 0.5) is 15.9 Å². The van der Waals surface area contributed by atoms with Crippen molar-refractivity contribution in [1.29, 1.82) is 0 Å². The molecule has 1 aromatic heterocycles. The average Bonchev–Trinajstić information content (AvgIpc) is 2.50. The number of hydrogen-bond donors (Lipinski definition) is 1. The standard InChI is InChI=1S/C15H15ClFN3O/c1-3-10(2)9-21-12-6-4-11(5-7-12)19-14-13(17)8-18-15(16)20-14/h3-8,10H,1,9H2,2H3,(H,18,19,20). The molecule has 2 rings (SSSR count). The van der Waals surface area contributed by atoms with Crippen molar-refractivity contribution in [2.24, 2.45) is 5.92 Å². The molecule has 110 valence electrons. The number of benzene rings is 1. The second-order valence-electron chi connectivity index (χ2n) is 4.51. The smallest absolute Gasteiger partial charge is 0.224 e. The van der Waals surface area contributed by atoms with E-state index in [-0.39, 0.29) is 17.0 Å². The Labute approximate surface area is 127 Å². The Morgan fingerprint density at radius 2 is 2.14 bits per heavy atom. The van der Waals surface area contributed by atoms with Gasteiger partial charge in [0.25, 0.3) is 0 Å². The van der Waals surface area contributed by atoms with Gasteiger partial charge >= 0.3 is 0 Å². The van der Waals surface area contributed by atoms with E-state index in [4.69, 9.17) is 16.3 Å². The minimum Gasteiger partial charge on any atom is -0.493 e. The topological polar surface area (TPSA) is 47.0 Å². The second-order valence-corrected chi connectivity index (χ2v) is 4.85. The van der Waals surface area contributed by atoms with E-state index in [0.717, 1.165) is 11.9 Å². The van der Waals surface area contributed by atoms with Gasteiger partial charge in [-0.1, -0.05) is 13.0 Å². The third-order valence-corrected chi connectivity index (χ3v) is 2.93. The van der Waals surface area contributed by atoms with E-state index >= 15 is 0 Å². The number of halogens is 2. The second kappa shape index (κ2) is 7.04. The largest absolute Gasteiger partial charge is 0.493 e. The van der Waals surface area contributed by atoms with Crippen molar-refractivity contribution in [2.45, 2.75) is 6.92 Å². The molecule has 0 saturated carbocycles. The molecule has 1 aromatic carbocycles. The van der Waals surface area contributed by atoms with Crippen molar-refractivity contribution in [1.82, 2.24) is 9.97 Å². The molecule has 0 radical (unpaired) electrons. The summed E-state index contributed by atoms with van der Waals surface area (Å²) in [6.45, 7) is 6.28. The molecule has 1 atom stereocenters. The molecule has 21 heavy (non-hydrogen) atoms. The van der Waals surface area contributed by atoms with Gasteiger partial charge in [0.2, 0.25) is 5.28 Å². The van der Waals surface area contributed by atoms with Gasteiger partial charge in [-0.3, -0.25) is 0 Å². The van der Waals surface area contributed by atoms with Gasteiger partial charge in [-0.05, 0) is 35.9 Å². The first-order valence-electron chi connectivity index (χ1n) is 6.39. The van der Waals surface area contributed by atoms with Gasteiger partial charge in [0, 0.05) is 11.6 Å². The number of anilines is 2. The molecule has 0 aliphatic carbocycles. The van der Waals surface area contributed by atoms with E-state index in [1.165, 1.54) is 0 Å². The highest BCUT2D eigenvalue weighted by atomic mass is 35.5. The molecule has 1 heterocycles. The molecule has 1 unspecified atom stereocenters. The molecular formula is C15H15ClFN3O. The molecule has 0 spiro atoms. The van der Waals surface area contributed by atoms with Crippen molar-refractivity contribution in [3.8, 4) is 5.75 Å². The fourth-order valence-electron chi connectivity index (χ4n) is 1.50. The van der Waals surface area contributed by atoms with Crippen molar-refractivity contribution in [2.75, 3.05) is 11.9 Å². The zero-order chi connectivity index (χ0) is 15.2. The Hall–Kier alpha value is -2.14. The van der Waals surface area contributed by atoms with Crippen LogP contribution in [0.25, 0.3) is 0 Å². The van der Waals surface area contributed by atoms with Crippen molar-refractivity contribution >= 4 is 23.1 Å². The third kappa shape index (κ3) is 4.43. The van der Waals surface area contributed by atoms with Crippen LogP contribution in [0.2, 0.25) is 5.28 Å². The summed E-state index contributed by atoms with van der Waals surface area (Å²) in [7, 11) is 0. The highest BCUT2D eigenvalue weighted by Crippen LogP contribution is 2.21. The Morgan fingerprint density at radius 3 is 2.81 bits per heavy atom. The van der Waals surface area contributed by atoms with Crippen molar-refractivity contribution in [3.05, 3.63) is 54.2 Å². The van der Waals surface area contributed by atoms with Crippen LogP contribution in [-0.4, -0.2) is 16.6 Å². The van der Waals surface area contributed by atoms with Crippen LogP contribution < -0.4 is 10.1 Å². The lowest BCUT2D eigenvalue weighted by Gasteiger charge is -2.10. The van der Waals surface area contributed by atoms with Gasteiger partial charge in [-0.2, -0.15) is 4.98 Å². The highest BCUT2D eigenvalue weighted by Gasteiger charge is 2.06. The first-order valence-corrected chi connectivity index (χ1v) is 6.76. The molecule has 0 fully saturated rings. The highest BCUT2D eigenvalue weighted by molar-refractivity contribution is 6.28. The fourth-order valence-corrected chi connectivity index (χ4v) is 1.63. The van der Waals surface area contributed by atoms with E-state index in [0.29, 0.717) is 12.3 Å². The predicted octanol–water partition coefficient (Wildman–Crippen LogP) is 4.21. The zero-order valence-electron chi connectivity index (χ0n) is 11.5. The maximum absolute atomic E-state index is 13.5. The number of rotatable bonds is 6. The monoisotopic (exact) mass is 307 g/mol. The summed E-state index contributed by atoms with van der Waals surface area (Å²) in [5.74, 6) is 0.471. The zero-order valence-corrected chi connectivity index (χ0v) is 12.3. The summed E-state index contributed by atoms with van der Waals surface area (Å²) < 4.78 is 19.1. The number of nitrogens with one attached hydrogen (secondary N) is 1. The van der Waals surface area contributed by atoms with Crippen LogP contribution in [0.3, 0.4) is 0 Å². The molecule has 0 saturated heterocycles. The fraction of sp³-hybridized carbons (Fsp3) is 0.200. The Kier molecular flexibility index (Phi) is 5.11. The molecular weight excluding hydrogens is 293 g/mol. The van der Waals surface area contributed by atoms with E-state index in [1.807, 2.05) is 13.0 Å². The summed E-state index contributed by atoms with van der Waals surface area (Å²) in [5.41, 5.74) is 0.674. The Bertz CT molecular complexity index is 619. The van der Waals surface area contributed by atoms with E-state index < -0.39 is 5.82 Å². The van der Waals surface area contributed by atoms with Crippen molar-refractivity contribution < 1.29 is 9.13 Å². The quantitative estimate of drug-likeness (QED) is 0.641. The molecule has 0 aliphatic rings. The molecule has 2 aromatic rings. The number of nitrogens with zero attached hydrogens (tertiary/aromatic N) is 2. The lowest BCUT2D eigenvalue weighted by molar-refractivity contribution is 0.285. The van der Waals surface area contributed by atoms with Gasteiger partial charge in [-0.15, -0.1) is 6.58 Å². The maximum atomic E-state index is 13.5. The maximum Gasteiger partial charge on any atom is 0.224 e. The molecule has 0 amide bonds. The van der Waals surface area contributed by atoms with Crippen LogP contribution in [0.15, 0.2) is 43.1 Å². The van der Waals surface area contributed by atoms with Crippen LogP contribution in [0.5, 0.6) is 5.75 Å². The van der Waals surface area contributed by atoms with Crippen LogP contribution >= 0.6 is 11.6 Å². The van der Waals surface area contributed by atoms with Gasteiger partial charge in [0.05, 0.1) is 12.8 Å². The number of hydrogen-bond acceptors (Lipinski definition) is 4. The van der Waals surface area contributed by atoms with Gasteiger partial charge in [-0.25, -0.2) is 9.37 Å². The first-order chi connectivity index (χ1) is 10.1. The lowest BCUT2D eigenvalue weighted by Crippen LogP contribution is -2.05. The molecule has 1 N–H and O–H groups in total. The van der Waals surface area contributed by atoms with E-state index in [9.17, 15) is 4.39 Å². The van der Waals surface area contributed by atoms with E-state index in [2.05, 4.69) is 21.9 Å². The third-order valence-electron chi connectivity index (χ3n) is 2.75. The van der Waals surface area contributed by atoms with Crippen molar-refractivity contribution in [3.63, 3.8) is 0 Å². The van der Waals surface area contributed by atoms with Gasteiger partial charge in [0.15, 0.2) is 11.6 Å². The number of ether oxygens (including phenoxy) is 1. The summed E-state index contributed by atoms with van der Waals surface area (Å²) in [6, 6.07) is 7.12. The average molecular weight is 308 g/mol. The SMILES string of the molecule is C=CC(C)COc1ccc(Nc2nc(Cl)ncc2F)cc1. The molecule has 0 aliphatic heterocycles. The van der Waals surface area contributed by atoms with E-state index in [1.54, 1.807) is 24.3 Å². The molecule has 0 bridgehead atoms. The summed E-state index contributed by atoms with van der Waals surface area (Å²) in [6.07, 6.45) is 2.85. The van der Waals surface area contributed by atoms with Crippen LogP contribution in [-0.2, 0) is 0 Å². The minimum absolute atomic E-state index is 0.0164. The minimum atomic E-state index is -0.570. The number of aromatic nitrogens is 2.